The number of benzene rings is 2. The summed E-state index contributed by atoms with van der Waals surface area (Å²) < 4.78 is 19.4. The molecule has 5 nitrogen and oxygen atoms in total. The van der Waals surface area contributed by atoms with Crippen LogP contribution in [0.2, 0.25) is 0 Å². The molecule has 0 fully saturated rings. The molecule has 2 aromatic carbocycles. The van der Waals surface area contributed by atoms with Crippen LogP contribution in [0.4, 0.5) is 4.39 Å². The van der Waals surface area contributed by atoms with Gasteiger partial charge in [0, 0.05) is 18.6 Å². The zero-order chi connectivity index (χ0) is 18.7. The van der Waals surface area contributed by atoms with Gasteiger partial charge in [0.15, 0.2) is 0 Å². The molecule has 1 N–H and O–H groups in total. The van der Waals surface area contributed by atoms with E-state index < -0.39 is 5.82 Å². The van der Waals surface area contributed by atoms with Crippen molar-refractivity contribution in [2.24, 2.45) is 0 Å². The molecule has 0 saturated carbocycles. The number of hydrogen-bond donors (Lipinski definition) is 1. The summed E-state index contributed by atoms with van der Waals surface area (Å²) in [4.78, 5) is 11.3. The fourth-order valence-electron chi connectivity index (χ4n) is 2.57. The Bertz CT molecular complexity index is 1070. The van der Waals surface area contributed by atoms with Crippen molar-refractivity contribution < 1.29 is 9.13 Å². The lowest BCUT2D eigenvalue weighted by Gasteiger charge is -2.11. The first kappa shape index (κ1) is 17.4. The van der Waals surface area contributed by atoms with E-state index in [0.717, 1.165) is 28.5 Å². The quantitative estimate of drug-likeness (QED) is 0.777. The molecule has 26 heavy (non-hydrogen) atoms. The van der Waals surface area contributed by atoms with Crippen molar-refractivity contribution in [1.82, 2.24) is 10.2 Å². The van der Waals surface area contributed by atoms with E-state index in [9.17, 15) is 9.18 Å². The third kappa shape index (κ3) is 3.95. The van der Waals surface area contributed by atoms with Crippen LogP contribution in [-0.2, 0) is 6.42 Å². The number of nitriles is 1. The second kappa shape index (κ2) is 7.19. The van der Waals surface area contributed by atoms with Gasteiger partial charge >= 0.3 is 0 Å². The number of aromatic nitrogens is 2. The summed E-state index contributed by atoms with van der Waals surface area (Å²) in [7, 11) is 0. The average molecular weight is 349 g/mol. The van der Waals surface area contributed by atoms with E-state index in [1.165, 1.54) is 18.2 Å². The second-order valence-electron chi connectivity index (χ2n) is 6.03. The van der Waals surface area contributed by atoms with Crippen LogP contribution < -0.4 is 10.3 Å². The molecule has 0 aliphatic heterocycles. The summed E-state index contributed by atoms with van der Waals surface area (Å²) >= 11 is 0. The van der Waals surface area contributed by atoms with Crippen molar-refractivity contribution in [3.63, 3.8) is 0 Å². The lowest BCUT2D eigenvalue weighted by Crippen LogP contribution is -2.10. The summed E-state index contributed by atoms with van der Waals surface area (Å²) in [5.74, 6) is 0.306. The highest BCUT2D eigenvalue weighted by Crippen LogP contribution is 2.28. The standard InChI is InChI=1S/C20H16FN3O2/c1-12-3-4-14(8-18-13(2)5-20(25)24-23-18)9-19(12)26-17-7-15(11-22)6-16(21)10-17/h3-7,9-10H,8H2,1-2H3,(H,24,25). The number of ether oxygens (including phenoxy) is 1. The van der Waals surface area contributed by atoms with E-state index in [1.807, 2.05) is 38.1 Å². The SMILES string of the molecule is Cc1ccc(Cc2n[nH]c(=O)cc2C)cc1Oc1cc(F)cc(C#N)c1. The van der Waals surface area contributed by atoms with Gasteiger partial charge in [0.25, 0.3) is 5.56 Å². The molecule has 0 bridgehead atoms. The first-order valence-electron chi connectivity index (χ1n) is 7.98. The van der Waals surface area contributed by atoms with Crippen LogP contribution in [0.15, 0.2) is 47.3 Å². The van der Waals surface area contributed by atoms with Crippen molar-refractivity contribution in [3.8, 4) is 17.6 Å². The number of aromatic amines is 1. The van der Waals surface area contributed by atoms with Crippen molar-refractivity contribution in [2.45, 2.75) is 20.3 Å². The summed E-state index contributed by atoms with van der Waals surface area (Å²) in [6.07, 6.45) is 0.520. The van der Waals surface area contributed by atoms with Gasteiger partial charge in [0.05, 0.1) is 17.3 Å². The van der Waals surface area contributed by atoms with Crippen LogP contribution in [0, 0.1) is 31.0 Å². The van der Waals surface area contributed by atoms with Crippen molar-refractivity contribution in [1.29, 1.82) is 5.26 Å². The van der Waals surface area contributed by atoms with Crippen LogP contribution in [0.1, 0.15) is 27.9 Å². The number of nitrogens with zero attached hydrogens (tertiary/aromatic N) is 2. The predicted octanol–water partition coefficient (Wildman–Crippen LogP) is 3.78. The van der Waals surface area contributed by atoms with Gasteiger partial charge in [0.2, 0.25) is 0 Å². The fraction of sp³-hybridized carbons (Fsp3) is 0.150. The molecule has 6 heteroatoms. The monoisotopic (exact) mass is 349 g/mol. The van der Waals surface area contributed by atoms with Crippen molar-refractivity contribution in [3.05, 3.63) is 86.6 Å². The highest BCUT2D eigenvalue weighted by atomic mass is 19.1. The fourth-order valence-corrected chi connectivity index (χ4v) is 2.57. The Morgan fingerprint density at radius 3 is 2.69 bits per heavy atom. The van der Waals surface area contributed by atoms with Crippen LogP contribution >= 0.6 is 0 Å². The Morgan fingerprint density at radius 2 is 1.96 bits per heavy atom. The van der Waals surface area contributed by atoms with E-state index in [0.29, 0.717) is 12.2 Å². The van der Waals surface area contributed by atoms with Gasteiger partial charge in [-0.25, -0.2) is 9.49 Å². The Morgan fingerprint density at radius 1 is 1.15 bits per heavy atom. The Kier molecular flexibility index (Phi) is 4.81. The Balaban J connectivity index is 1.89. The maximum Gasteiger partial charge on any atom is 0.264 e. The van der Waals surface area contributed by atoms with Crippen molar-refractivity contribution >= 4 is 0 Å². The lowest BCUT2D eigenvalue weighted by molar-refractivity contribution is 0.472. The highest BCUT2D eigenvalue weighted by Gasteiger charge is 2.09. The predicted molar refractivity (Wildman–Crippen MR) is 94.8 cm³/mol. The van der Waals surface area contributed by atoms with Crippen LogP contribution in [0.25, 0.3) is 0 Å². The molecule has 3 aromatic rings. The maximum atomic E-state index is 13.6. The summed E-state index contributed by atoms with van der Waals surface area (Å²) in [6.45, 7) is 3.71. The molecule has 1 heterocycles. The molecule has 1 aromatic heterocycles. The number of nitrogens with one attached hydrogen (secondary N) is 1. The van der Waals surface area contributed by atoms with E-state index >= 15 is 0 Å². The lowest BCUT2D eigenvalue weighted by atomic mass is 10.0. The zero-order valence-corrected chi connectivity index (χ0v) is 14.3. The Hall–Kier alpha value is -3.46. The van der Waals surface area contributed by atoms with Gasteiger partial charge in [-0.15, -0.1) is 0 Å². The molecule has 0 aliphatic rings. The van der Waals surface area contributed by atoms with Gasteiger partial charge in [-0.05, 0) is 48.7 Å². The van der Waals surface area contributed by atoms with E-state index in [-0.39, 0.29) is 16.9 Å². The first-order valence-corrected chi connectivity index (χ1v) is 7.98. The minimum atomic E-state index is -0.527. The molecular formula is C20H16FN3O2. The topological polar surface area (TPSA) is 78.8 Å². The average Bonchev–Trinajstić information content (AvgIpc) is 2.59. The highest BCUT2D eigenvalue weighted by molar-refractivity contribution is 5.44. The molecule has 0 atom stereocenters. The summed E-state index contributed by atoms with van der Waals surface area (Å²) in [5.41, 5.74) is 3.34. The van der Waals surface area contributed by atoms with Gasteiger partial charge in [-0.2, -0.15) is 10.4 Å². The van der Waals surface area contributed by atoms with Crippen LogP contribution in [0.3, 0.4) is 0 Å². The smallest absolute Gasteiger partial charge is 0.264 e. The molecular weight excluding hydrogens is 333 g/mol. The Labute approximate surface area is 149 Å². The number of rotatable bonds is 4. The van der Waals surface area contributed by atoms with Gasteiger partial charge in [0.1, 0.15) is 17.3 Å². The van der Waals surface area contributed by atoms with Crippen LogP contribution in [-0.4, -0.2) is 10.2 Å². The molecule has 0 aliphatic carbocycles. The minimum Gasteiger partial charge on any atom is -0.457 e. The molecule has 0 unspecified atom stereocenters. The molecule has 130 valence electrons. The number of hydrogen-bond acceptors (Lipinski definition) is 4. The molecule has 0 spiro atoms. The van der Waals surface area contributed by atoms with Crippen LogP contribution in [0.5, 0.6) is 11.5 Å². The maximum absolute atomic E-state index is 13.6. The number of aryl methyl sites for hydroxylation is 2. The van der Waals surface area contributed by atoms with Gasteiger partial charge in [-0.1, -0.05) is 12.1 Å². The van der Waals surface area contributed by atoms with E-state index in [1.54, 1.807) is 0 Å². The zero-order valence-electron chi connectivity index (χ0n) is 14.3. The third-order valence-corrected chi connectivity index (χ3v) is 3.96. The van der Waals surface area contributed by atoms with Gasteiger partial charge in [-0.3, -0.25) is 4.79 Å². The number of H-pyrrole nitrogens is 1. The summed E-state index contributed by atoms with van der Waals surface area (Å²) in [5, 5.41) is 15.5. The largest absolute Gasteiger partial charge is 0.457 e. The third-order valence-electron chi connectivity index (χ3n) is 3.96. The van der Waals surface area contributed by atoms with Crippen molar-refractivity contribution in [2.75, 3.05) is 0 Å². The van der Waals surface area contributed by atoms with Gasteiger partial charge < -0.3 is 4.74 Å². The molecule has 0 radical (unpaired) electrons. The van der Waals surface area contributed by atoms with E-state index in [4.69, 9.17) is 10.00 Å². The minimum absolute atomic E-state index is 0.196. The number of halogens is 1. The first-order chi connectivity index (χ1) is 12.4. The molecule has 3 rings (SSSR count). The van der Waals surface area contributed by atoms with E-state index in [2.05, 4.69) is 10.2 Å². The molecule has 0 saturated heterocycles. The molecule has 0 amide bonds. The second-order valence-corrected chi connectivity index (χ2v) is 6.03. The normalized spacial score (nSPS) is 10.4. The summed E-state index contributed by atoms with van der Waals surface area (Å²) in [6, 6.07) is 13.0.